The topological polar surface area (TPSA) is 98.8 Å². The van der Waals surface area contributed by atoms with E-state index in [0.717, 1.165) is 17.2 Å². The summed E-state index contributed by atoms with van der Waals surface area (Å²) in [5.41, 5.74) is 0. The lowest BCUT2D eigenvalue weighted by molar-refractivity contribution is -0.148. The average Bonchev–Trinajstić information content (AvgIpc) is 2.75. The van der Waals surface area contributed by atoms with E-state index in [4.69, 9.17) is 39.5 Å². The molecule has 1 N–H and O–H groups in total. The first-order valence-electron chi connectivity index (χ1n) is 9.96. The van der Waals surface area contributed by atoms with Crippen molar-refractivity contribution in [3.05, 3.63) is 42.5 Å². The highest BCUT2D eigenvalue weighted by Gasteiger charge is 2.39. The fraction of sp³-hybridized carbons (Fsp3) is 0.429. The molecule has 32 heavy (non-hydrogen) atoms. The van der Waals surface area contributed by atoms with E-state index in [1.807, 2.05) is 24.3 Å². The monoisotopic (exact) mass is 521 g/mol. The Kier molecular flexibility index (Phi) is 8.14. The van der Waals surface area contributed by atoms with E-state index in [-0.39, 0.29) is 4.90 Å². The van der Waals surface area contributed by atoms with Crippen LogP contribution in [0.25, 0.3) is 10.8 Å². The van der Waals surface area contributed by atoms with E-state index >= 15 is 0 Å². The highest BCUT2D eigenvalue weighted by atomic mass is 35.6. The van der Waals surface area contributed by atoms with Gasteiger partial charge in [-0.15, -0.1) is 0 Å². The summed E-state index contributed by atoms with van der Waals surface area (Å²) in [6.07, 6.45) is 0.476. The van der Waals surface area contributed by atoms with Gasteiger partial charge in [-0.25, -0.2) is 13.2 Å². The summed E-state index contributed by atoms with van der Waals surface area (Å²) in [5, 5.41) is 3.08. The predicted octanol–water partition coefficient (Wildman–Crippen LogP) is 4.56. The Labute approximate surface area is 201 Å². The molecule has 0 aromatic heterocycles. The second-order valence-electron chi connectivity index (χ2n) is 7.45. The lowest BCUT2D eigenvalue weighted by atomic mass is 9.97. The van der Waals surface area contributed by atoms with E-state index in [0.29, 0.717) is 19.3 Å². The lowest BCUT2D eigenvalue weighted by Crippen LogP contribution is -2.42. The van der Waals surface area contributed by atoms with Gasteiger partial charge in [-0.2, -0.15) is 0 Å². The number of amides is 1. The van der Waals surface area contributed by atoms with Gasteiger partial charge in [0.15, 0.2) is 9.84 Å². The number of carbonyl (C=O) groups is 2. The van der Waals surface area contributed by atoms with Crippen LogP contribution in [0.5, 0.6) is 0 Å². The predicted molar refractivity (Wildman–Crippen MR) is 123 cm³/mol. The van der Waals surface area contributed by atoms with Crippen LogP contribution in [0, 0.1) is 0 Å². The molecule has 1 aliphatic carbocycles. The van der Waals surface area contributed by atoms with Crippen molar-refractivity contribution in [3.63, 3.8) is 0 Å². The molecule has 1 saturated carbocycles. The Morgan fingerprint density at radius 3 is 2.44 bits per heavy atom. The van der Waals surface area contributed by atoms with Crippen molar-refractivity contribution in [2.24, 2.45) is 0 Å². The fourth-order valence-electron chi connectivity index (χ4n) is 3.63. The van der Waals surface area contributed by atoms with Gasteiger partial charge in [-0.3, -0.25) is 4.79 Å². The van der Waals surface area contributed by atoms with E-state index in [2.05, 4.69) is 10.1 Å². The van der Waals surface area contributed by atoms with E-state index < -0.39 is 50.2 Å². The number of benzene rings is 2. The molecule has 0 bridgehead atoms. The molecule has 1 aliphatic rings. The van der Waals surface area contributed by atoms with Crippen molar-refractivity contribution < 1.29 is 27.5 Å². The number of alkyl carbamates (subject to hydrolysis) is 1. The van der Waals surface area contributed by atoms with Crippen molar-refractivity contribution in [2.45, 2.75) is 45.7 Å². The molecule has 0 spiro atoms. The number of halogens is 3. The van der Waals surface area contributed by atoms with Gasteiger partial charge in [0.2, 0.25) is 3.79 Å². The number of hydrogen-bond acceptors (Lipinski definition) is 6. The highest BCUT2D eigenvalue weighted by molar-refractivity contribution is 7.92. The maximum Gasteiger partial charge on any atom is 0.407 e. The molecule has 1 fully saturated rings. The summed E-state index contributed by atoms with van der Waals surface area (Å²) in [6.45, 7) is -0.995. The minimum Gasteiger partial charge on any atom is -0.460 e. The van der Waals surface area contributed by atoms with E-state index in [9.17, 15) is 18.0 Å². The van der Waals surface area contributed by atoms with Gasteiger partial charge >= 0.3 is 12.1 Å². The first-order chi connectivity index (χ1) is 15.1. The second-order valence-corrected chi connectivity index (χ2v) is 12.1. The molecule has 2 aromatic rings. The standard InChI is InChI=1S/C21H22Cl3NO6S/c22-21(23,24)13-30-20(27)25-12-19(26)31-17-7-3-4-8-18(17)32(28,29)16-10-9-14-5-1-2-6-15(14)11-16/h1-2,5-6,9-11,17-18H,3-4,7-8,12-13H2,(H,25,27)/t17-,18-/m0/s1. The normalized spacial score (nSPS) is 19.3. The third-order valence-corrected chi connectivity index (χ3v) is 7.69. The fourth-order valence-corrected chi connectivity index (χ4v) is 5.76. The Morgan fingerprint density at radius 2 is 1.72 bits per heavy atom. The molecule has 0 radical (unpaired) electrons. The zero-order valence-corrected chi connectivity index (χ0v) is 20.0. The molecule has 0 aliphatic heterocycles. The molecule has 7 nitrogen and oxygen atoms in total. The summed E-state index contributed by atoms with van der Waals surface area (Å²) in [6, 6.07) is 12.5. The molecule has 2 atom stereocenters. The molecule has 1 amide bonds. The van der Waals surface area contributed by atoms with E-state index in [1.54, 1.807) is 18.2 Å². The second kappa shape index (κ2) is 10.5. The average molecular weight is 523 g/mol. The first kappa shape index (κ1) is 24.9. The summed E-state index contributed by atoms with van der Waals surface area (Å²) < 4.78 is 35.0. The third kappa shape index (κ3) is 6.63. The van der Waals surface area contributed by atoms with E-state index in [1.165, 1.54) is 0 Å². The van der Waals surface area contributed by atoms with Crippen LogP contribution in [0.3, 0.4) is 0 Å². The highest BCUT2D eigenvalue weighted by Crippen LogP contribution is 2.32. The van der Waals surface area contributed by atoms with Crippen LogP contribution in [0.4, 0.5) is 4.79 Å². The number of rotatable bonds is 6. The summed E-state index contributed by atoms with van der Waals surface area (Å²) >= 11 is 16.5. The van der Waals surface area contributed by atoms with Crippen molar-refractivity contribution in [2.75, 3.05) is 13.2 Å². The molecule has 2 aromatic carbocycles. The Morgan fingerprint density at radius 1 is 1.03 bits per heavy atom. The van der Waals surface area contributed by atoms with Gasteiger partial charge in [-0.1, -0.05) is 71.6 Å². The SMILES string of the molecule is O=C(CNC(=O)OCC(Cl)(Cl)Cl)O[C@H]1CCCC[C@@H]1S(=O)(=O)c1ccc2ccccc2c1. The third-order valence-electron chi connectivity index (χ3n) is 5.12. The zero-order valence-electron chi connectivity index (χ0n) is 16.9. The lowest BCUT2D eigenvalue weighted by Gasteiger charge is -2.31. The van der Waals surface area contributed by atoms with Crippen LogP contribution in [-0.4, -0.2) is 48.8 Å². The molecule has 3 rings (SSSR count). The van der Waals surface area contributed by atoms with Crippen LogP contribution in [0.1, 0.15) is 25.7 Å². The van der Waals surface area contributed by atoms with Crippen LogP contribution in [-0.2, 0) is 24.1 Å². The van der Waals surface area contributed by atoms with Crippen molar-refractivity contribution in [1.82, 2.24) is 5.32 Å². The molecule has 0 unspecified atom stereocenters. The van der Waals surface area contributed by atoms with Gasteiger partial charge in [0, 0.05) is 0 Å². The summed E-state index contributed by atoms with van der Waals surface area (Å²) in [5.74, 6) is -0.776. The quantitative estimate of drug-likeness (QED) is 0.441. The Bertz CT molecular complexity index is 1090. The molecular formula is C21H22Cl3NO6S. The summed E-state index contributed by atoms with van der Waals surface area (Å²) in [7, 11) is -3.74. The number of fused-ring (bicyclic) bond motifs is 1. The first-order valence-corrected chi connectivity index (χ1v) is 12.6. The van der Waals surface area contributed by atoms with Crippen molar-refractivity contribution in [1.29, 1.82) is 0 Å². The maximum absolute atomic E-state index is 13.3. The minimum absolute atomic E-state index is 0.192. The van der Waals surface area contributed by atoms with Crippen LogP contribution in [0.15, 0.2) is 47.4 Å². The number of sulfone groups is 1. The van der Waals surface area contributed by atoms with Gasteiger partial charge in [0.1, 0.15) is 24.5 Å². The molecule has 11 heteroatoms. The number of hydrogen-bond donors (Lipinski definition) is 1. The van der Waals surface area contributed by atoms with Gasteiger partial charge in [0.05, 0.1) is 4.90 Å². The van der Waals surface area contributed by atoms with Crippen LogP contribution < -0.4 is 5.32 Å². The van der Waals surface area contributed by atoms with Crippen LogP contribution in [0.2, 0.25) is 0 Å². The van der Waals surface area contributed by atoms with Gasteiger partial charge in [-0.05, 0) is 42.2 Å². The Hall–Kier alpha value is -1.74. The van der Waals surface area contributed by atoms with Crippen molar-refractivity contribution in [3.8, 4) is 0 Å². The van der Waals surface area contributed by atoms with Gasteiger partial charge < -0.3 is 14.8 Å². The number of ether oxygens (including phenoxy) is 2. The smallest absolute Gasteiger partial charge is 0.407 e. The molecule has 174 valence electrons. The number of esters is 1. The zero-order chi connectivity index (χ0) is 23.4. The Balaban J connectivity index is 1.65. The van der Waals surface area contributed by atoms with Crippen molar-refractivity contribution >= 4 is 67.5 Å². The molecule has 0 heterocycles. The minimum atomic E-state index is -3.74. The van der Waals surface area contributed by atoms with Crippen LogP contribution >= 0.6 is 34.8 Å². The number of carbonyl (C=O) groups excluding carboxylic acids is 2. The number of alkyl halides is 3. The molecule has 0 saturated heterocycles. The molecular weight excluding hydrogens is 501 g/mol. The van der Waals surface area contributed by atoms with Gasteiger partial charge in [0.25, 0.3) is 0 Å². The summed E-state index contributed by atoms with van der Waals surface area (Å²) in [4.78, 5) is 24.0. The maximum atomic E-state index is 13.3. The largest absolute Gasteiger partial charge is 0.460 e. The number of nitrogens with one attached hydrogen (secondary N) is 1.